The van der Waals surface area contributed by atoms with Gasteiger partial charge in [-0.1, -0.05) is 110 Å². The minimum absolute atomic E-state index is 0.0727. The number of ether oxygens (including phenoxy) is 2. The Hall–Kier alpha value is -0.460. The first kappa shape index (κ1) is 34.5. The van der Waals surface area contributed by atoms with Gasteiger partial charge in [-0.3, -0.25) is 9.36 Å². The van der Waals surface area contributed by atoms with Crippen molar-refractivity contribution in [2.75, 3.05) is 46.6 Å². The topological polar surface area (TPSA) is 86.5 Å². The highest BCUT2D eigenvalue weighted by atomic mass is 31.2. The van der Waals surface area contributed by atoms with Crippen molar-refractivity contribution in [1.82, 2.24) is 0 Å². The Labute approximate surface area is 216 Å². The van der Waals surface area contributed by atoms with Gasteiger partial charge >= 0.3 is 7.60 Å². The lowest BCUT2D eigenvalue weighted by atomic mass is 10.0. The van der Waals surface area contributed by atoms with Gasteiger partial charge in [-0.25, -0.2) is 0 Å². The van der Waals surface area contributed by atoms with Gasteiger partial charge in [0.1, 0.15) is 6.10 Å². The number of carbonyl (C=O) groups excluding carboxylic acids is 1. The number of rotatable bonds is 28. The summed E-state index contributed by atoms with van der Waals surface area (Å²) in [6, 6.07) is 0. The Morgan fingerprint density at radius 2 is 1.23 bits per heavy atom. The molecule has 0 rings (SSSR count). The zero-order valence-electron chi connectivity index (χ0n) is 23.1. The van der Waals surface area contributed by atoms with E-state index in [1.165, 1.54) is 96.3 Å². The second-order valence-electron chi connectivity index (χ2n) is 10.2. The average Bonchev–Trinajstić information content (AvgIpc) is 2.82. The first-order valence-electron chi connectivity index (χ1n) is 14.3. The fourth-order valence-corrected chi connectivity index (χ4v) is 5.24. The third-order valence-electron chi connectivity index (χ3n) is 6.30. The zero-order chi connectivity index (χ0) is 26.0. The van der Waals surface area contributed by atoms with Crippen LogP contribution in [0.15, 0.2) is 0 Å². The van der Waals surface area contributed by atoms with E-state index in [1.54, 1.807) is 0 Å². The average molecular weight is 523 g/mol. The van der Waals surface area contributed by atoms with Crippen LogP contribution in [-0.4, -0.2) is 64.1 Å². The summed E-state index contributed by atoms with van der Waals surface area (Å²) in [6.45, 7) is 3.78. The van der Waals surface area contributed by atoms with Gasteiger partial charge in [0.05, 0.1) is 40.0 Å². The maximum Gasteiger partial charge on any atom is 0.333 e. The number of unbranched alkanes of at least 4 members (excludes halogenated alkanes) is 16. The summed E-state index contributed by atoms with van der Waals surface area (Å²) in [5.41, 5.74) is 0. The maximum atomic E-state index is 12.0. The van der Waals surface area contributed by atoms with Crippen molar-refractivity contribution < 1.29 is 33.2 Å². The lowest BCUT2D eigenvalue weighted by molar-refractivity contribution is -0.855. The van der Waals surface area contributed by atoms with Gasteiger partial charge in [0.25, 0.3) is 6.47 Å². The summed E-state index contributed by atoms with van der Waals surface area (Å²) in [5.74, 6) is 0. The molecule has 0 radical (unpaired) electrons. The lowest BCUT2D eigenvalue weighted by Gasteiger charge is -2.18. The van der Waals surface area contributed by atoms with Crippen LogP contribution in [0.25, 0.3) is 0 Å². The second kappa shape index (κ2) is 25.2. The molecule has 0 aromatic carbocycles. The standard InChI is InChI=1S/C27H56NO6P/c1-4-5-6-7-8-9-10-11-12-13-14-15-16-17-18-19-20-22-32-24-27(33-26-29)25-34-35(30,31)23-21-28(2)3/h26-27H,4-25H2,1-3H3,(H,30,31)/p+1. The molecule has 8 heteroatoms. The minimum Gasteiger partial charge on any atom is -0.460 e. The second-order valence-corrected chi connectivity index (χ2v) is 12.2. The predicted molar refractivity (Wildman–Crippen MR) is 144 cm³/mol. The van der Waals surface area contributed by atoms with Crippen LogP contribution in [0, 0.1) is 0 Å². The summed E-state index contributed by atoms with van der Waals surface area (Å²) < 4.78 is 27.7. The Kier molecular flexibility index (Phi) is 24.9. The van der Waals surface area contributed by atoms with Crippen LogP contribution in [0.4, 0.5) is 0 Å². The van der Waals surface area contributed by atoms with Crippen molar-refractivity contribution in [1.29, 1.82) is 0 Å². The van der Waals surface area contributed by atoms with Crippen LogP contribution in [0.2, 0.25) is 0 Å². The molecule has 0 aromatic heterocycles. The predicted octanol–water partition coefficient (Wildman–Crippen LogP) is 5.54. The van der Waals surface area contributed by atoms with E-state index in [4.69, 9.17) is 14.0 Å². The number of carbonyl (C=O) groups is 1. The van der Waals surface area contributed by atoms with Crippen LogP contribution in [0.1, 0.15) is 116 Å². The maximum absolute atomic E-state index is 12.0. The SMILES string of the molecule is CCCCCCCCCCCCCCCCCCCOCC(COP(=O)(O)CC[NH+](C)C)OC=O. The van der Waals surface area contributed by atoms with Crippen molar-refractivity contribution >= 4 is 14.1 Å². The molecule has 0 saturated heterocycles. The molecule has 7 nitrogen and oxygen atoms in total. The molecule has 0 heterocycles. The van der Waals surface area contributed by atoms with Crippen LogP contribution in [-0.2, 0) is 23.4 Å². The van der Waals surface area contributed by atoms with E-state index < -0.39 is 13.7 Å². The van der Waals surface area contributed by atoms with E-state index in [1.807, 2.05) is 14.1 Å². The molecule has 0 fully saturated rings. The first-order valence-corrected chi connectivity index (χ1v) is 16.1. The fraction of sp³-hybridized carbons (Fsp3) is 0.963. The van der Waals surface area contributed by atoms with Gasteiger partial charge < -0.3 is 23.8 Å². The Morgan fingerprint density at radius 3 is 1.66 bits per heavy atom. The number of nitrogens with one attached hydrogen (secondary N) is 1. The smallest absolute Gasteiger partial charge is 0.333 e. The van der Waals surface area contributed by atoms with Crippen molar-refractivity contribution in [3.8, 4) is 0 Å². The molecular formula is C27H57NO6P+. The van der Waals surface area contributed by atoms with E-state index in [-0.39, 0.29) is 19.4 Å². The molecule has 0 aromatic rings. The van der Waals surface area contributed by atoms with E-state index in [9.17, 15) is 14.3 Å². The molecule has 0 aliphatic heterocycles. The summed E-state index contributed by atoms with van der Waals surface area (Å²) in [7, 11) is 0.141. The van der Waals surface area contributed by atoms with Gasteiger partial charge in [0.15, 0.2) is 0 Å². The van der Waals surface area contributed by atoms with Crippen LogP contribution in [0.3, 0.4) is 0 Å². The van der Waals surface area contributed by atoms with Crippen molar-refractivity contribution in [3.63, 3.8) is 0 Å². The molecule has 2 unspecified atom stereocenters. The molecule has 0 aliphatic carbocycles. The van der Waals surface area contributed by atoms with Crippen molar-refractivity contribution in [2.45, 2.75) is 122 Å². The van der Waals surface area contributed by atoms with E-state index in [0.29, 0.717) is 19.6 Å². The number of quaternary nitrogens is 1. The van der Waals surface area contributed by atoms with Crippen LogP contribution >= 0.6 is 7.60 Å². The quantitative estimate of drug-likeness (QED) is 0.0797. The van der Waals surface area contributed by atoms with Crippen molar-refractivity contribution in [3.05, 3.63) is 0 Å². The molecule has 0 aliphatic rings. The van der Waals surface area contributed by atoms with Gasteiger partial charge in [-0.05, 0) is 6.42 Å². The van der Waals surface area contributed by atoms with Gasteiger partial charge in [-0.2, -0.15) is 0 Å². The molecule has 2 N–H and O–H groups in total. The molecule has 2 atom stereocenters. The van der Waals surface area contributed by atoms with Crippen LogP contribution in [0.5, 0.6) is 0 Å². The Balaban J connectivity index is 3.49. The summed E-state index contributed by atoms with van der Waals surface area (Å²) in [5, 5.41) is 0. The van der Waals surface area contributed by atoms with E-state index in [2.05, 4.69) is 6.92 Å². The highest BCUT2D eigenvalue weighted by Crippen LogP contribution is 2.40. The molecular weight excluding hydrogens is 465 g/mol. The third kappa shape index (κ3) is 26.4. The normalized spacial score (nSPS) is 14.2. The van der Waals surface area contributed by atoms with Crippen LogP contribution < -0.4 is 4.90 Å². The Morgan fingerprint density at radius 1 is 0.771 bits per heavy atom. The van der Waals surface area contributed by atoms with E-state index in [0.717, 1.165) is 17.7 Å². The molecule has 0 bridgehead atoms. The minimum atomic E-state index is -3.68. The molecule has 210 valence electrons. The molecule has 0 amide bonds. The molecule has 35 heavy (non-hydrogen) atoms. The van der Waals surface area contributed by atoms with E-state index >= 15 is 0 Å². The van der Waals surface area contributed by atoms with Gasteiger partial charge in [0, 0.05) is 6.61 Å². The first-order chi connectivity index (χ1) is 16.9. The molecule has 0 saturated carbocycles. The van der Waals surface area contributed by atoms with Gasteiger partial charge in [0.2, 0.25) is 0 Å². The zero-order valence-corrected chi connectivity index (χ0v) is 24.0. The van der Waals surface area contributed by atoms with Crippen molar-refractivity contribution in [2.24, 2.45) is 0 Å². The monoisotopic (exact) mass is 522 g/mol. The largest absolute Gasteiger partial charge is 0.460 e. The third-order valence-corrected chi connectivity index (χ3v) is 7.64. The summed E-state index contributed by atoms with van der Waals surface area (Å²) >= 11 is 0. The highest BCUT2D eigenvalue weighted by molar-refractivity contribution is 7.52. The Bertz CT molecular complexity index is 506. The highest BCUT2D eigenvalue weighted by Gasteiger charge is 2.23. The number of hydrogen-bond donors (Lipinski definition) is 2. The number of hydrogen-bond acceptors (Lipinski definition) is 5. The van der Waals surface area contributed by atoms with Gasteiger partial charge in [-0.15, -0.1) is 0 Å². The summed E-state index contributed by atoms with van der Waals surface area (Å²) in [6.07, 6.45) is 22.1. The fourth-order valence-electron chi connectivity index (χ4n) is 3.98. The summed E-state index contributed by atoms with van der Waals surface area (Å²) in [4.78, 5) is 21.6. The molecule has 0 spiro atoms. The lowest BCUT2D eigenvalue weighted by Crippen LogP contribution is -3.06.